The highest BCUT2D eigenvalue weighted by Crippen LogP contribution is 2.23. The molecular weight excluding hydrogens is 178 g/mol. The first-order valence-electron chi connectivity index (χ1n) is 4.48. The molecule has 2 aromatic heterocycles. The van der Waals surface area contributed by atoms with E-state index >= 15 is 0 Å². The third kappa shape index (κ3) is 1.46. The fraction of sp³-hybridized carbons (Fsp3) is 0.200. The number of hydrogen-bond acceptors (Lipinski definition) is 4. The molecular formula is C10H11N3O. The van der Waals surface area contributed by atoms with Crippen LogP contribution in [0.2, 0.25) is 0 Å². The van der Waals surface area contributed by atoms with E-state index < -0.39 is 0 Å². The van der Waals surface area contributed by atoms with Crippen molar-refractivity contribution in [2.45, 2.75) is 13.3 Å². The first-order valence-corrected chi connectivity index (χ1v) is 4.48. The Morgan fingerprint density at radius 2 is 2.29 bits per heavy atom. The number of nitrogens with zero attached hydrogens (tertiary/aromatic N) is 2. The molecule has 0 fully saturated rings. The van der Waals surface area contributed by atoms with E-state index in [2.05, 4.69) is 9.97 Å². The molecule has 0 atom stereocenters. The van der Waals surface area contributed by atoms with Gasteiger partial charge in [-0.1, -0.05) is 13.0 Å². The number of anilines is 1. The largest absolute Gasteiger partial charge is 0.428 e. The van der Waals surface area contributed by atoms with Crippen LogP contribution in [0.1, 0.15) is 12.7 Å². The zero-order valence-electron chi connectivity index (χ0n) is 7.90. The predicted octanol–water partition coefficient (Wildman–Crippen LogP) is 1.88. The molecule has 72 valence electrons. The second kappa shape index (κ2) is 3.49. The molecule has 0 saturated heterocycles. The summed E-state index contributed by atoms with van der Waals surface area (Å²) in [6.45, 7) is 1.99. The SMILES string of the molecule is CCc1oc(N)nc1-c1ccccn1. The molecule has 0 bridgehead atoms. The molecule has 2 N–H and O–H groups in total. The van der Waals surface area contributed by atoms with Gasteiger partial charge in [-0.2, -0.15) is 4.98 Å². The number of nitrogens with two attached hydrogens (primary N) is 1. The van der Waals surface area contributed by atoms with Crippen molar-refractivity contribution in [1.29, 1.82) is 0 Å². The average molecular weight is 189 g/mol. The molecule has 2 heterocycles. The minimum Gasteiger partial charge on any atom is -0.428 e. The van der Waals surface area contributed by atoms with Crippen molar-refractivity contribution in [3.63, 3.8) is 0 Å². The van der Waals surface area contributed by atoms with E-state index in [1.165, 1.54) is 0 Å². The van der Waals surface area contributed by atoms with E-state index in [0.29, 0.717) is 0 Å². The maximum atomic E-state index is 5.49. The summed E-state index contributed by atoms with van der Waals surface area (Å²) in [5.41, 5.74) is 7.02. The fourth-order valence-electron chi connectivity index (χ4n) is 1.31. The second-order valence-corrected chi connectivity index (χ2v) is 2.89. The van der Waals surface area contributed by atoms with E-state index in [1.54, 1.807) is 6.20 Å². The first kappa shape index (κ1) is 8.74. The van der Waals surface area contributed by atoms with Crippen molar-refractivity contribution in [2.75, 3.05) is 5.73 Å². The van der Waals surface area contributed by atoms with E-state index in [1.807, 2.05) is 25.1 Å². The summed E-state index contributed by atoms with van der Waals surface area (Å²) in [7, 11) is 0. The average Bonchev–Trinajstić information content (AvgIpc) is 2.61. The summed E-state index contributed by atoms with van der Waals surface area (Å²) in [4.78, 5) is 8.29. The Balaban J connectivity index is 2.51. The molecule has 0 aromatic carbocycles. The highest BCUT2D eigenvalue weighted by molar-refractivity contribution is 5.57. The minimum atomic E-state index is 0.197. The highest BCUT2D eigenvalue weighted by Gasteiger charge is 2.12. The molecule has 2 aromatic rings. The van der Waals surface area contributed by atoms with Gasteiger partial charge in [0.05, 0.1) is 5.69 Å². The van der Waals surface area contributed by atoms with Crippen LogP contribution in [0, 0.1) is 0 Å². The van der Waals surface area contributed by atoms with Gasteiger partial charge in [-0.3, -0.25) is 4.98 Å². The molecule has 0 spiro atoms. The van der Waals surface area contributed by atoms with Gasteiger partial charge < -0.3 is 10.2 Å². The summed E-state index contributed by atoms with van der Waals surface area (Å²) < 4.78 is 5.24. The zero-order valence-corrected chi connectivity index (χ0v) is 7.90. The molecule has 0 aliphatic rings. The summed E-state index contributed by atoms with van der Waals surface area (Å²) in [6.07, 6.45) is 2.48. The van der Waals surface area contributed by atoms with Crippen molar-refractivity contribution in [1.82, 2.24) is 9.97 Å². The number of pyridine rings is 1. The molecule has 0 radical (unpaired) electrons. The number of nitrogen functional groups attached to an aromatic ring is 1. The van der Waals surface area contributed by atoms with Gasteiger partial charge in [-0.15, -0.1) is 0 Å². The normalized spacial score (nSPS) is 10.4. The third-order valence-electron chi connectivity index (χ3n) is 1.94. The maximum absolute atomic E-state index is 5.49. The number of rotatable bonds is 2. The van der Waals surface area contributed by atoms with Crippen LogP contribution in [0.15, 0.2) is 28.8 Å². The molecule has 0 aliphatic carbocycles. The molecule has 14 heavy (non-hydrogen) atoms. The van der Waals surface area contributed by atoms with Crippen LogP contribution in [-0.2, 0) is 6.42 Å². The van der Waals surface area contributed by atoms with E-state index in [4.69, 9.17) is 10.2 Å². The number of hydrogen-bond donors (Lipinski definition) is 1. The van der Waals surface area contributed by atoms with Gasteiger partial charge in [0.15, 0.2) is 0 Å². The van der Waals surface area contributed by atoms with Gasteiger partial charge in [0.2, 0.25) is 0 Å². The maximum Gasteiger partial charge on any atom is 0.292 e. The van der Waals surface area contributed by atoms with Crippen LogP contribution in [-0.4, -0.2) is 9.97 Å². The lowest BCUT2D eigenvalue weighted by atomic mass is 10.2. The molecule has 2 rings (SSSR count). The van der Waals surface area contributed by atoms with Gasteiger partial charge in [0, 0.05) is 12.6 Å². The summed E-state index contributed by atoms with van der Waals surface area (Å²) in [5.74, 6) is 0.779. The topological polar surface area (TPSA) is 64.9 Å². The van der Waals surface area contributed by atoms with Crippen LogP contribution in [0.4, 0.5) is 6.01 Å². The Labute approximate surface area is 81.8 Å². The van der Waals surface area contributed by atoms with Gasteiger partial charge >= 0.3 is 0 Å². The monoisotopic (exact) mass is 189 g/mol. The number of oxazole rings is 1. The standard InChI is InChI=1S/C10H11N3O/c1-2-8-9(13-10(11)14-8)7-5-3-4-6-12-7/h3-6H,2H2,1H3,(H2,11,13). The van der Waals surface area contributed by atoms with Gasteiger partial charge in [-0.05, 0) is 12.1 Å². The Morgan fingerprint density at radius 1 is 1.43 bits per heavy atom. The van der Waals surface area contributed by atoms with Crippen molar-refractivity contribution in [2.24, 2.45) is 0 Å². The second-order valence-electron chi connectivity index (χ2n) is 2.89. The molecule has 4 heteroatoms. The van der Waals surface area contributed by atoms with Crippen LogP contribution < -0.4 is 5.73 Å². The summed E-state index contributed by atoms with van der Waals surface area (Å²) in [5, 5.41) is 0. The summed E-state index contributed by atoms with van der Waals surface area (Å²) in [6, 6.07) is 5.85. The van der Waals surface area contributed by atoms with E-state index in [9.17, 15) is 0 Å². The smallest absolute Gasteiger partial charge is 0.292 e. The lowest BCUT2D eigenvalue weighted by Gasteiger charge is -1.95. The number of aryl methyl sites for hydroxylation is 1. The van der Waals surface area contributed by atoms with Gasteiger partial charge in [-0.25, -0.2) is 0 Å². The van der Waals surface area contributed by atoms with Crippen LogP contribution in [0.25, 0.3) is 11.4 Å². The Hall–Kier alpha value is -1.84. The Bertz CT molecular complexity index is 422. The van der Waals surface area contributed by atoms with Crippen LogP contribution >= 0.6 is 0 Å². The van der Waals surface area contributed by atoms with E-state index in [0.717, 1.165) is 23.6 Å². The van der Waals surface area contributed by atoms with Crippen molar-refractivity contribution in [3.05, 3.63) is 30.2 Å². The van der Waals surface area contributed by atoms with Crippen molar-refractivity contribution >= 4 is 6.01 Å². The quantitative estimate of drug-likeness (QED) is 0.783. The van der Waals surface area contributed by atoms with E-state index in [-0.39, 0.29) is 6.01 Å². The van der Waals surface area contributed by atoms with Crippen LogP contribution in [0.5, 0.6) is 0 Å². The van der Waals surface area contributed by atoms with Crippen LogP contribution in [0.3, 0.4) is 0 Å². The predicted molar refractivity (Wildman–Crippen MR) is 53.5 cm³/mol. The fourth-order valence-corrected chi connectivity index (χ4v) is 1.31. The summed E-state index contributed by atoms with van der Waals surface area (Å²) >= 11 is 0. The third-order valence-corrected chi connectivity index (χ3v) is 1.94. The first-order chi connectivity index (χ1) is 6.81. The molecule has 0 saturated carbocycles. The molecule has 0 amide bonds. The van der Waals surface area contributed by atoms with Gasteiger partial charge in [0.25, 0.3) is 6.01 Å². The lowest BCUT2D eigenvalue weighted by molar-refractivity contribution is 0.530. The molecule has 0 aliphatic heterocycles. The van der Waals surface area contributed by atoms with Crippen molar-refractivity contribution < 1.29 is 4.42 Å². The Morgan fingerprint density at radius 3 is 2.93 bits per heavy atom. The molecule has 0 unspecified atom stereocenters. The highest BCUT2D eigenvalue weighted by atomic mass is 16.4. The zero-order chi connectivity index (χ0) is 9.97. The van der Waals surface area contributed by atoms with Crippen molar-refractivity contribution in [3.8, 4) is 11.4 Å². The number of aromatic nitrogens is 2. The molecule has 4 nitrogen and oxygen atoms in total. The lowest BCUT2D eigenvalue weighted by Crippen LogP contribution is -1.87. The Kier molecular flexibility index (Phi) is 2.18. The minimum absolute atomic E-state index is 0.197. The van der Waals surface area contributed by atoms with Gasteiger partial charge in [0.1, 0.15) is 11.5 Å².